The van der Waals surface area contributed by atoms with E-state index >= 15 is 0 Å². The summed E-state index contributed by atoms with van der Waals surface area (Å²) >= 11 is 0. The van der Waals surface area contributed by atoms with Crippen LogP contribution in [0.4, 0.5) is 0 Å². The van der Waals surface area contributed by atoms with Crippen LogP contribution in [0.15, 0.2) is 36.0 Å². The number of allylic oxidation sites excluding steroid dienone is 2. The maximum Gasteiger partial charge on any atom is 0.158 e. The molecule has 1 atom stereocenters. The van der Waals surface area contributed by atoms with E-state index in [0.29, 0.717) is 6.42 Å². The lowest BCUT2D eigenvalue weighted by Crippen LogP contribution is -3.05. The van der Waals surface area contributed by atoms with Crippen molar-refractivity contribution in [3.63, 3.8) is 0 Å². The highest BCUT2D eigenvalue weighted by Crippen LogP contribution is 2.32. The third-order valence-corrected chi connectivity index (χ3v) is 4.02. The zero-order chi connectivity index (χ0) is 15.9. The fraction of sp³-hybridized carbons (Fsp3) is 0.500. The summed E-state index contributed by atoms with van der Waals surface area (Å²) in [4.78, 5) is 13.4. The fourth-order valence-electron chi connectivity index (χ4n) is 2.84. The van der Waals surface area contributed by atoms with Gasteiger partial charge in [-0.3, -0.25) is 4.79 Å². The Morgan fingerprint density at radius 2 is 2.14 bits per heavy atom. The molecule has 4 heteroatoms. The molecule has 0 aromatic heterocycles. The Morgan fingerprint density at radius 1 is 1.32 bits per heavy atom. The van der Waals surface area contributed by atoms with E-state index in [1.165, 1.54) is 10.5 Å². The average Bonchev–Trinajstić information content (AvgIpc) is 2.51. The predicted molar refractivity (Wildman–Crippen MR) is 88.4 cm³/mol. The molecule has 1 aromatic carbocycles. The number of methoxy groups -OCH3 is 1. The number of ether oxygens (including phenoxy) is 1. The van der Waals surface area contributed by atoms with Crippen molar-refractivity contribution in [2.45, 2.75) is 25.2 Å². The Morgan fingerprint density at radius 3 is 2.86 bits per heavy atom. The van der Waals surface area contributed by atoms with E-state index in [2.05, 4.69) is 25.5 Å². The van der Waals surface area contributed by atoms with Gasteiger partial charge in [0.2, 0.25) is 0 Å². The van der Waals surface area contributed by atoms with Gasteiger partial charge < -0.3 is 15.0 Å². The molecule has 0 aliphatic heterocycles. The normalized spacial score (nSPS) is 18.3. The van der Waals surface area contributed by atoms with Crippen LogP contribution in [0.5, 0.6) is 5.75 Å². The molecule has 0 saturated carbocycles. The number of nitrogens with one attached hydrogen (secondary N) is 2. The zero-order valence-electron chi connectivity index (χ0n) is 13.8. The molecule has 0 heterocycles. The second-order valence-electron chi connectivity index (χ2n) is 6.26. The molecule has 0 amide bonds. The van der Waals surface area contributed by atoms with E-state index in [0.717, 1.165) is 37.4 Å². The standard InChI is InChI=1S/C18H26N2O2/c1-20(2)9-5-8-19-16-10-15(11-17(21)13-16)14-6-4-7-18(12-14)22-3/h4,6-7,12-13,15,19H,5,8-11H2,1-3H3/p+1. The molecule has 0 radical (unpaired) electrons. The first-order valence-corrected chi connectivity index (χ1v) is 7.98. The van der Waals surface area contributed by atoms with Gasteiger partial charge in [-0.1, -0.05) is 12.1 Å². The summed E-state index contributed by atoms with van der Waals surface area (Å²) in [6.07, 6.45) is 4.37. The number of hydrogen-bond donors (Lipinski definition) is 2. The smallest absolute Gasteiger partial charge is 0.158 e. The van der Waals surface area contributed by atoms with Crippen LogP contribution in [0.25, 0.3) is 0 Å². The highest BCUT2D eigenvalue weighted by atomic mass is 16.5. The molecular weight excluding hydrogens is 276 g/mol. The van der Waals surface area contributed by atoms with Gasteiger partial charge in [-0.25, -0.2) is 0 Å². The maximum atomic E-state index is 12.0. The Labute approximate surface area is 133 Å². The minimum atomic E-state index is 0.208. The molecule has 1 aromatic rings. The largest absolute Gasteiger partial charge is 0.497 e. The molecule has 2 N–H and O–H groups in total. The lowest BCUT2D eigenvalue weighted by Gasteiger charge is -2.23. The number of quaternary nitrogens is 1. The third kappa shape index (κ3) is 4.88. The van der Waals surface area contributed by atoms with Gasteiger partial charge in [0, 0.05) is 31.2 Å². The summed E-state index contributed by atoms with van der Waals surface area (Å²) in [6.45, 7) is 2.06. The van der Waals surface area contributed by atoms with Crippen molar-refractivity contribution in [3.8, 4) is 5.75 Å². The molecule has 4 nitrogen and oxygen atoms in total. The van der Waals surface area contributed by atoms with Crippen molar-refractivity contribution in [1.29, 1.82) is 0 Å². The average molecular weight is 303 g/mol. The van der Waals surface area contributed by atoms with Gasteiger partial charge in [0.15, 0.2) is 5.78 Å². The van der Waals surface area contributed by atoms with Crippen molar-refractivity contribution in [2.75, 3.05) is 34.3 Å². The van der Waals surface area contributed by atoms with Crippen LogP contribution in [0.3, 0.4) is 0 Å². The molecular formula is C18H27N2O2+. The number of hydrogen-bond acceptors (Lipinski definition) is 3. The van der Waals surface area contributed by atoms with Crippen molar-refractivity contribution < 1.29 is 14.4 Å². The quantitative estimate of drug-likeness (QED) is 0.743. The number of carbonyl (C=O) groups excluding carboxylic acids is 1. The van der Waals surface area contributed by atoms with E-state index < -0.39 is 0 Å². The molecule has 1 aliphatic rings. The topological polar surface area (TPSA) is 42.8 Å². The van der Waals surface area contributed by atoms with Crippen LogP contribution >= 0.6 is 0 Å². The Bertz CT molecular complexity index is 538. The second kappa shape index (κ2) is 7.99. The lowest BCUT2D eigenvalue weighted by molar-refractivity contribution is -0.858. The summed E-state index contributed by atoms with van der Waals surface area (Å²) in [5.74, 6) is 1.30. The highest BCUT2D eigenvalue weighted by molar-refractivity contribution is 5.92. The van der Waals surface area contributed by atoms with Crippen LogP contribution in [0.1, 0.15) is 30.7 Å². The van der Waals surface area contributed by atoms with E-state index in [1.54, 1.807) is 13.2 Å². The van der Waals surface area contributed by atoms with Gasteiger partial charge in [-0.05, 0) is 30.0 Å². The second-order valence-corrected chi connectivity index (χ2v) is 6.26. The minimum absolute atomic E-state index is 0.208. The fourth-order valence-corrected chi connectivity index (χ4v) is 2.84. The molecule has 22 heavy (non-hydrogen) atoms. The number of carbonyl (C=O) groups is 1. The van der Waals surface area contributed by atoms with Gasteiger partial charge in [0.05, 0.1) is 27.7 Å². The summed E-state index contributed by atoms with van der Waals surface area (Å²) in [5, 5.41) is 3.43. The van der Waals surface area contributed by atoms with E-state index in [-0.39, 0.29) is 11.7 Å². The number of rotatable bonds is 7. The van der Waals surface area contributed by atoms with Crippen molar-refractivity contribution >= 4 is 5.78 Å². The van der Waals surface area contributed by atoms with Crippen molar-refractivity contribution in [1.82, 2.24) is 5.32 Å². The third-order valence-electron chi connectivity index (χ3n) is 4.02. The molecule has 0 saturated heterocycles. The van der Waals surface area contributed by atoms with Gasteiger partial charge in [0.25, 0.3) is 0 Å². The SMILES string of the molecule is COc1cccc(C2CC(=O)C=C(NCCC[NH+](C)C)C2)c1. The number of benzene rings is 1. The summed E-state index contributed by atoms with van der Waals surface area (Å²) in [6, 6.07) is 8.05. The molecule has 0 spiro atoms. The van der Waals surface area contributed by atoms with Gasteiger partial charge in [-0.2, -0.15) is 0 Å². The Hall–Kier alpha value is -1.81. The molecule has 1 aliphatic carbocycles. The molecule has 0 fully saturated rings. The monoisotopic (exact) mass is 303 g/mol. The van der Waals surface area contributed by atoms with Crippen LogP contribution < -0.4 is 15.0 Å². The van der Waals surface area contributed by atoms with E-state index in [1.807, 2.05) is 18.2 Å². The van der Waals surface area contributed by atoms with Gasteiger partial charge >= 0.3 is 0 Å². The highest BCUT2D eigenvalue weighted by Gasteiger charge is 2.22. The van der Waals surface area contributed by atoms with Crippen molar-refractivity contribution in [2.24, 2.45) is 0 Å². The first kappa shape index (κ1) is 16.6. The van der Waals surface area contributed by atoms with E-state index in [9.17, 15) is 4.79 Å². The maximum absolute atomic E-state index is 12.0. The van der Waals surface area contributed by atoms with E-state index in [4.69, 9.17) is 4.74 Å². The minimum Gasteiger partial charge on any atom is -0.497 e. The molecule has 2 rings (SSSR count). The first-order chi connectivity index (χ1) is 10.6. The van der Waals surface area contributed by atoms with Gasteiger partial charge in [-0.15, -0.1) is 0 Å². The Balaban J connectivity index is 1.95. The lowest BCUT2D eigenvalue weighted by atomic mass is 9.85. The van der Waals surface area contributed by atoms with Crippen LogP contribution in [-0.4, -0.2) is 40.1 Å². The Kier molecular flexibility index (Phi) is 6.01. The van der Waals surface area contributed by atoms with Crippen LogP contribution in [-0.2, 0) is 4.79 Å². The summed E-state index contributed by atoms with van der Waals surface area (Å²) in [5.41, 5.74) is 2.25. The van der Waals surface area contributed by atoms with Gasteiger partial charge in [0.1, 0.15) is 5.75 Å². The molecule has 0 bridgehead atoms. The molecule has 1 unspecified atom stereocenters. The zero-order valence-corrected chi connectivity index (χ0v) is 13.8. The predicted octanol–water partition coefficient (Wildman–Crippen LogP) is 1.15. The summed E-state index contributed by atoms with van der Waals surface area (Å²) in [7, 11) is 5.98. The van der Waals surface area contributed by atoms with Crippen LogP contribution in [0.2, 0.25) is 0 Å². The summed E-state index contributed by atoms with van der Waals surface area (Å²) < 4.78 is 5.28. The molecule has 120 valence electrons. The first-order valence-electron chi connectivity index (χ1n) is 7.98. The van der Waals surface area contributed by atoms with Crippen LogP contribution in [0, 0.1) is 0 Å². The van der Waals surface area contributed by atoms with Crippen molar-refractivity contribution in [3.05, 3.63) is 41.6 Å². The number of ketones is 1.